The number of carbonyl (C=O) groups is 3. The van der Waals surface area contributed by atoms with E-state index in [9.17, 15) is 14.4 Å². The van der Waals surface area contributed by atoms with Gasteiger partial charge in [0.15, 0.2) is 0 Å². The fraction of sp³-hybridized carbons (Fsp3) is 0.346. The fourth-order valence-electron chi connectivity index (χ4n) is 4.23. The van der Waals surface area contributed by atoms with E-state index in [0.29, 0.717) is 10.6 Å². The molecule has 4 rings (SSSR count). The predicted molar refractivity (Wildman–Crippen MR) is 137 cm³/mol. The first-order valence-electron chi connectivity index (χ1n) is 11.6. The van der Waals surface area contributed by atoms with Gasteiger partial charge in [-0.05, 0) is 54.8 Å². The Balaban J connectivity index is 1.62. The van der Waals surface area contributed by atoms with E-state index >= 15 is 0 Å². The summed E-state index contributed by atoms with van der Waals surface area (Å²) in [5.74, 6) is -0.828. The van der Waals surface area contributed by atoms with E-state index in [0.717, 1.165) is 36.1 Å². The van der Waals surface area contributed by atoms with Gasteiger partial charge in [0.2, 0.25) is 11.8 Å². The van der Waals surface area contributed by atoms with Gasteiger partial charge in [-0.3, -0.25) is 19.3 Å². The van der Waals surface area contributed by atoms with Crippen molar-refractivity contribution in [2.75, 3.05) is 11.4 Å². The molecule has 0 spiro atoms. The molecule has 0 saturated heterocycles. The Morgan fingerprint density at radius 3 is 2.32 bits per heavy atom. The number of nitrogens with one attached hydrogen (secondary N) is 2. The molecule has 1 saturated carbocycles. The van der Waals surface area contributed by atoms with Gasteiger partial charge in [-0.1, -0.05) is 49.1 Å². The van der Waals surface area contributed by atoms with Crippen molar-refractivity contribution in [2.24, 2.45) is 0 Å². The molecule has 2 heterocycles. The van der Waals surface area contributed by atoms with Crippen LogP contribution in [-0.4, -0.2) is 30.3 Å². The predicted octanol–water partition coefficient (Wildman–Crippen LogP) is 5.07. The van der Waals surface area contributed by atoms with E-state index < -0.39 is 6.04 Å². The molecule has 3 amide bonds. The fourth-order valence-corrected chi connectivity index (χ4v) is 5.68. The molecule has 1 aliphatic carbocycles. The molecule has 0 bridgehead atoms. The lowest BCUT2D eigenvalue weighted by atomic mass is 9.95. The Morgan fingerprint density at radius 2 is 1.68 bits per heavy atom. The molecular weight excluding hydrogens is 466 g/mol. The highest BCUT2D eigenvalue weighted by atomic mass is 32.1. The highest BCUT2D eigenvalue weighted by Gasteiger charge is 2.34. The van der Waals surface area contributed by atoms with Crippen molar-refractivity contribution in [3.8, 4) is 0 Å². The summed E-state index contributed by atoms with van der Waals surface area (Å²) in [7, 11) is 0. The Bertz CT molecular complexity index is 1090. The van der Waals surface area contributed by atoms with Gasteiger partial charge in [0.05, 0.1) is 11.4 Å². The first-order valence-corrected chi connectivity index (χ1v) is 13.3. The van der Waals surface area contributed by atoms with E-state index in [1.807, 2.05) is 54.1 Å². The van der Waals surface area contributed by atoms with Crippen LogP contribution < -0.4 is 15.5 Å². The van der Waals surface area contributed by atoms with Crippen LogP contribution >= 0.6 is 22.7 Å². The van der Waals surface area contributed by atoms with Crippen molar-refractivity contribution < 1.29 is 14.4 Å². The van der Waals surface area contributed by atoms with Crippen molar-refractivity contribution in [1.82, 2.24) is 10.6 Å². The molecule has 178 valence electrons. The Kier molecular flexibility index (Phi) is 8.13. The third-order valence-corrected chi connectivity index (χ3v) is 7.79. The van der Waals surface area contributed by atoms with Crippen LogP contribution in [0.1, 0.15) is 58.3 Å². The standard InChI is InChI=1S/C26H29N3O3S2/c1-18-11-13-20(14-12-18)29(23(30)17-27-25(31)22-10-6-16-34-22)24(21-9-5-15-33-21)26(32)28-19-7-3-2-4-8-19/h5-6,9-16,19,24H,2-4,7-8,17H2,1H3,(H,27,31)(H,28,32). The summed E-state index contributed by atoms with van der Waals surface area (Å²) in [5.41, 5.74) is 1.68. The maximum atomic E-state index is 13.6. The average Bonchev–Trinajstić information content (AvgIpc) is 3.57. The zero-order valence-corrected chi connectivity index (χ0v) is 20.8. The Morgan fingerprint density at radius 1 is 0.971 bits per heavy atom. The molecule has 34 heavy (non-hydrogen) atoms. The molecule has 8 heteroatoms. The number of benzene rings is 1. The third kappa shape index (κ3) is 5.93. The lowest BCUT2D eigenvalue weighted by Crippen LogP contribution is -2.49. The zero-order chi connectivity index (χ0) is 23.9. The molecule has 1 aromatic carbocycles. The van der Waals surface area contributed by atoms with Crippen LogP contribution in [0.25, 0.3) is 0 Å². The minimum absolute atomic E-state index is 0.122. The van der Waals surface area contributed by atoms with Gasteiger partial charge in [0, 0.05) is 16.6 Å². The minimum atomic E-state index is -0.809. The van der Waals surface area contributed by atoms with Crippen LogP contribution in [0.15, 0.2) is 59.3 Å². The van der Waals surface area contributed by atoms with Crippen LogP contribution in [0.3, 0.4) is 0 Å². The van der Waals surface area contributed by atoms with Crippen molar-refractivity contribution in [3.05, 3.63) is 74.6 Å². The first-order chi connectivity index (χ1) is 16.5. The van der Waals surface area contributed by atoms with Gasteiger partial charge in [0.1, 0.15) is 6.04 Å². The second-order valence-corrected chi connectivity index (χ2v) is 10.4. The number of hydrogen-bond donors (Lipinski definition) is 2. The molecule has 1 atom stereocenters. The quantitative estimate of drug-likeness (QED) is 0.458. The summed E-state index contributed by atoms with van der Waals surface area (Å²) in [6.07, 6.45) is 5.31. The summed E-state index contributed by atoms with van der Waals surface area (Å²) in [5, 5.41) is 9.64. The van der Waals surface area contributed by atoms with Gasteiger partial charge in [-0.2, -0.15) is 0 Å². The summed E-state index contributed by atoms with van der Waals surface area (Å²) in [6, 6.07) is 14.1. The first kappa shape index (κ1) is 24.2. The largest absolute Gasteiger partial charge is 0.351 e. The van der Waals surface area contributed by atoms with Gasteiger partial charge < -0.3 is 10.6 Å². The van der Waals surface area contributed by atoms with Crippen LogP contribution in [0, 0.1) is 6.92 Å². The van der Waals surface area contributed by atoms with E-state index in [2.05, 4.69) is 10.6 Å². The van der Waals surface area contributed by atoms with Crippen molar-refractivity contribution >= 4 is 46.1 Å². The van der Waals surface area contributed by atoms with E-state index in [4.69, 9.17) is 0 Å². The summed E-state index contributed by atoms with van der Waals surface area (Å²) >= 11 is 2.77. The molecule has 1 fully saturated rings. The van der Waals surface area contributed by atoms with Crippen LogP contribution in [0.4, 0.5) is 5.69 Å². The smallest absolute Gasteiger partial charge is 0.261 e. The van der Waals surface area contributed by atoms with Gasteiger partial charge in [-0.25, -0.2) is 0 Å². The zero-order valence-electron chi connectivity index (χ0n) is 19.2. The highest BCUT2D eigenvalue weighted by molar-refractivity contribution is 7.12. The number of carbonyl (C=O) groups excluding carboxylic acids is 3. The monoisotopic (exact) mass is 495 g/mol. The van der Waals surface area contributed by atoms with Crippen LogP contribution in [0.2, 0.25) is 0 Å². The van der Waals surface area contributed by atoms with Crippen molar-refractivity contribution in [2.45, 2.75) is 51.1 Å². The topological polar surface area (TPSA) is 78.5 Å². The van der Waals surface area contributed by atoms with E-state index in [1.54, 1.807) is 12.1 Å². The van der Waals surface area contributed by atoms with Crippen molar-refractivity contribution in [1.29, 1.82) is 0 Å². The lowest BCUT2D eigenvalue weighted by Gasteiger charge is -2.33. The lowest BCUT2D eigenvalue weighted by molar-refractivity contribution is -0.126. The summed E-state index contributed by atoms with van der Waals surface area (Å²) in [6.45, 7) is 1.77. The number of anilines is 1. The number of hydrogen-bond acceptors (Lipinski definition) is 5. The molecule has 3 aromatic rings. The normalized spacial score (nSPS) is 14.9. The number of amides is 3. The molecule has 0 radical (unpaired) electrons. The second-order valence-electron chi connectivity index (χ2n) is 8.52. The third-order valence-electron chi connectivity index (χ3n) is 6.00. The highest BCUT2D eigenvalue weighted by Crippen LogP contribution is 2.31. The summed E-state index contributed by atoms with van der Waals surface area (Å²) in [4.78, 5) is 42.5. The van der Waals surface area contributed by atoms with Crippen LogP contribution in [0.5, 0.6) is 0 Å². The minimum Gasteiger partial charge on any atom is -0.351 e. The Labute approximate surface area is 208 Å². The number of rotatable bonds is 8. The molecule has 6 nitrogen and oxygen atoms in total. The maximum Gasteiger partial charge on any atom is 0.261 e. The van der Waals surface area contributed by atoms with Gasteiger partial charge in [-0.15, -0.1) is 22.7 Å². The van der Waals surface area contributed by atoms with E-state index in [1.165, 1.54) is 34.0 Å². The van der Waals surface area contributed by atoms with Crippen molar-refractivity contribution in [3.63, 3.8) is 0 Å². The Hall–Kier alpha value is -2.97. The van der Waals surface area contributed by atoms with Crippen LogP contribution in [-0.2, 0) is 9.59 Å². The van der Waals surface area contributed by atoms with Gasteiger partial charge >= 0.3 is 0 Å². The van der Waals surface area contributed by atoms with Gasteiger partial charge in [0.25, 0.3) is 5.91 Å². The number of thiophene rings is 2. The number of nitrogens with zero attached hydrogens (tertiary/aromatic N) is 1. The molecule has 1 unspecified atom stereocenters. The second kappa shape index (κ2) is 11.4. The SMILES string of the molecule is Cc1ccc(N(C(=O)CNC(=O)c2cccs2)C(C(=O)NC2CCCCC2)c2cccs2)cc1. The summed E-state index contributed by atoms with van der Waals surface area (Å²) < 4.78 is 0. The molecule has 1 aliphatic rings. The molecule has 2 aromatic heterocycles. The molecule has 2 N–H and O–H groups in total. The maximum absolute atomic E-state index is 13.6. The van der Waals surface area contributed by atoms with E-state index in [-0.39, 0.29) is 30.3 Å². The molecular formula is C26H29N3O3S2. The molecule has 0 aliphatic heterocycles. The number of aryl methyl sites for hydroxylation is 1. The average molecular weight is 496 g/mol.